The number of rotatable bonds is 4. The third kappa shape index (κ3) is 3.42. The Hall–Kier alpha value is -1.22. The van der Waals surface area contributed by atoms with E-state index in [1.807, 2.05) is 6.92 Å². The van der Waals surface area contributed by atoms with Crippen molar-refractivity contribution in [2.24, 2.45) is 5.73 Å². The molecule has 1 aromatic rings. The normalized spacial score (nSPS) is 13.6. The molecule has 2 unspecified atom stereocenters. The molecule has 0 fully saturated rings. The molecule has 0 aliphatic heterocycles. The monoisotopic (exact) mass is 239 g/mol. The van der Waals surface area contributed by atoms with Gasteiger partial charge in [0.15, 0.2) is 0 Å². The van der Waals surface area contributed by atoms with Crippen LogP contribution in [0.3, 0.4) is 0 Å². The molecule has 1 rings (SSSR count). The predicted octanol–water partition coefficient (Wildman–Crippen LogP) is 0.698. The molecule has 4 nitrogen and oxygen atoms in total. The summed E-state index contributed by atoms with van der Waals surface area (Å²) in [5, 5.41) is 8.71. The van der Waals surface area contributed by atoms with Crippen LogP contribution < -0.4 is 10.6 Å². The van der Waals surface area contributed by atoms with E-state index in [9.17, 15) is 9.69 Å². The van der Waals surface area contributed by atoms with Crippen molar-refractivity contribution >= 4 is 19.5 Å². The van der Waals surface area contributed by atoms with Gasteiger partial charge in [-0.25, -0.2) is 0 Å². The van der Waals surface area contributed by atoms with Gasteiger partial charge in [-0.1, -0.05) is 24.3 Å². The lowest BCUT2D eigenvalue weighted by molar-refractivity contribution is -0.152. The third-order valence-corrected chi connectivity index (χ3v) is 3.38. The van der Waals surface area contributed by atoms with E-state index in [0.29, 0.717) is 11.7 Å². The molecule has 0 amide bonds. The third-order valence-electron chi connectivity index (χ3n) is 2.17. The van der Waals surface area contributed by atoms with Crippen LogP contribution >= 0.6 is 7.77 Å². The molecule has 0 saturated heterocycles. The Kier molecular flexibility index (Phi) is 4.62. The first-order valence-corrected chi connectivity index (χ1v) is 6.43. The fourth-order valence-electron chi connectivity index (χ4n) is 1.19. The van der Waals surface area contributed by atoms with Gasteiger partial charge in [-0.15, -0.1) is 0 Å². The van der Waals surface area contributed by atoms with Crippen LogP contribution in [0.5, 0.6) is 0 Å². The Labute approximate surface area is 95.2 Å². The number of carboxylic acid groups (broad SMARTS) is 1. The van der Waals surface area contributed by atoms with Crippen molar-refractivity contribution in [3.05, 3.63) is 35.4 Å². The van der Waals surface area contributed by atoms with E-state index in [4.69, 9.17) is 10.8 Å². The van der Waals surface area contributed by atoms with E-state index in [-0.39, 0.29) is 0 Å². The lowest BCUT2D eigenvalue weighted by Gasteiger charge is -2.06. The second kappa shape index (κ2) is 5.75. The van der Waals surface area contributed by atoms with Crippen LogP contribution in [-0.2, 0) is 4.79 Å². The lowest BCUT2D eigenvalue weighted by atomic mass is 10.1. The highest BCUT2D eigenvalue weighted by atomic mass is 31.1. The minimum Gasteiger partial charge on any atom is -0.630 e. The molecular formula is C11H14NO3P. The minimum atomic E-state index is -1.31. The number of hydrogen-bond donors (Lipinski definition) is 2. The SMILES string of the molecule is CC[P+]([O-])=Cc1ccc(C(N)C(=O)O)cc1. The number of carbonyl (C=O) groups is 1. The summed E-state index contributed by atoms with van der Waals surface area (Å²) in [6.45, 7) is 1.85. The predicted molar refractivity (Wildman–Crippen MR) is 63.6 cm³/mol. The molecule has 1 aromatic carbocycles. The number of nitrogens with two attached hydrogens (primary N) is 1. The molecule has 5 heteroatoms. The molecule has 86 valence electrons. The molecule has 0 bridgehead atoms. The molecule has 0 radical (unpaired) electrons. The largest absolute Gasteiger partial charge is 0.630 e. The summed E-state index contributed by atoms with van der Waals surface area (Å²) in [5.41, 5.74) is 6.81. The van der Waals surface area contributed by atoms with Gasteiger partial charge in [0.2, 0.25) is 0 Å². The highest BCUT2D eigenvalue weighted by Gasteiger charge is 2.13. The van der Waals surface area contributed by atoms with E-state index < -0.39 is 19.8 Å². The molecule has 0 heterocycles. The Bertz CT molecular complexity index is 400. The summed E-state index contributed by atoms with van der Waals surface area (Å²) in [6.07, 6.45) is 0.603. The molecule has 0 aliphatic rings. The molecule has 3 N–H and O–H groups in total. The van der Waals surface area contributed by atoms with Crippen LogP contribution in [0.15, 0.2) is 24.3 Å². The highest BCUT2D eigenvalue weighted by molar-refractivity contribution is 7.50. The maximum absolute atomic E-state index is 11.3. The van der Waals surface area contributed by atoms with Gasteiger partial charge in [-0.05, 0) is 12.5 Å². The molecule has 0 spiro atoms. The van der Waals surface area contributed by atoms with Crippen LogP contribution in [0.1, 0.15) is 24.1 Å². The van der Waals surface area contributed by atoms with E-state index in [0.717, 1.165) is 5.56 Å². The quantitative estimate of drug-likeness (QED) is 0.757. The molecular weight excluding hydrogens is 225 g/mol. The zero-order chi connectivity index (χ0) is 12.1. The van der Waals surface area contributed by atoms with Crippen molar-refractivity contribution in [2.45, 2.75) is 13.0 Å². The average molecular weight is 239 g/mol. The number of hydrogen-bond acceptors (Lipinski definition) is 3. The maximum Gasteiger partial charge on any atom is 0.325 e. The molecule has 0 aliphatic carbocycles. The van der Waals surface area contributed by atoms with E-state index in [1.165, 1.54) is 0 Å². The van der Waals surface area contributed by atoms with E-state index in [1.54, 1.807) is 30.1 Å². The van der Waals surface area contributed by atoms with E-state index in [2.05, 4.69) is 0 Å². The number of benzene rings is 1. The topological polar surface area (TPSA) is 86.4 Å². The van der Waals surface area contributed by atoms with Gasteiger partial charge in [0, 0.05) is 5.56 Å². The van der Waals surface area contributed by atoms with Crippen LogP contribution in [0.4, 0.5) is 0 Å². The van der Waals surface area contributed by atoms with Gasteiger partial charge in [-0.2, -0.15) is 0 Å². The van der Waals surface area contributed by atoms with Crippen molar-refractivity contribution in [2.75, 3.05) is 6.16 Å². The van der Waals surface area contributed by atoms with E-state index >= 15 is 0 Å². The summed E-state index contributed by atoms with van der Waals surface area (Å²) < 4.78 is 0. The summed E-state index contributed by atoms with van der Waals surface area (Å²) in [4.78, 5) is 21.9. The number of aliphatic carboxylic acids is 1. The van der Waals surface area contributed by atoms with Gasteiger partial charge in [0.05, 0.1) is 13.9 Å². The van der Waals surface area contributed by atoms with Gasteiger partial charge < -0.3 is 15.7 Å². The minimum absolute atomic E-state index is 0.538. The van der Waals surface area contributed by atoms with Crippen LogP contribution in [-0.4, -0.2) is 23.0 Å². The van der Waals surface area contributed by atoms with Gasteiger partial charge in [0.1, 0.15) is 11.8 Å². The van der Waals surface area contributed by atoms with Crippen molar-refractivity contribution in [1.82, 2.24) is 0 Å². The molecule has 0 aromatic heterocycles. The molecule has 16 heavy (non-hydrogen) atoms. The van der Waals surface area contributed by atoms with Crippen molar-refractivity contribution in [1.29, 1.82) is 0 Å². The maximum atomic E-state index is 11.3. The summed E-state index contributed by atoms with van der Waals surface area (Å²) in [7, 11) is -1.31. The van der Waals surface area contributed by atoms with Crippen molar-refractivity contribution in [3.8, 4) is 0 Å². The zero-order valence-electron chi connectivity index (χ0n) is 8.96. The van der Waals surface area contributed by atoms with Crippen LogP contribution in [0.2, 0.25) is 0 Å². The smallest absolute Gasteiger partial charge is 0.325 e. The summed E-state index contributed by atoms with van der Waals surface area (Å²) in [6, 6.07) is 5.73. The first-order chi connectivity index (χ1) is 7.54. The Morgan fingerprint density at radius 1 is 1.56 bits per heavy atom. The first-order valence-electron chi connectivity index (χ1n) is 4.91. The summed E-state index contributed by atoms with van der Waals surface area (Å²) in [5.74, 6) is 0.613. The second-order valence-electron chi connectivity index (χ2n) is 3.34. The lowest BCUT2D eigenvalue weighted by Crippen LogP contribution is -2.20. The fourth-order valence-corrected chi connectivity index (χ4v) is 1.88. The molecule has 2 atom stereocenters. The Morgan fingerprint density at radius 2 is 2.12 bits per heavy atom. The van der Waals surface area contributed by atoms with Crippen LogP contribution in [0.25, 0.3) is 0 Å². The van der Waals surface area contributed by atoms with Crippen molar-refractivity contribution < 1.29 is 14.8 Å². The Morgan fingerprint density at radius 3 is 2.56 bits per heavy atom. The zero-order valence-corrected chi connectivity index (χ0v) is 9.85. The average Bonchev–Trinajstić information content (AvgIpc) is 2.28. The van der Waals surface area contributed by atoms with Gasteiger partial charge >= 0.3 is 5.97 Å². The summed E-state index contributed by atoms with van der Waals surface area (Å²) >= 11 is 0. The highest BCUT2D eigenvalue weighted by Crippen LogP contribution is 2.14. The molecule has 0 saturated carbocycles. The van der Waals surface area contributed by atoms with Crippen molar-refractivity contribution in [3.63, 3.8) is 0 Å². The Balaban J connectivity index is 2.87. The van der Waals surface area contributed by atoms with Gasteiger partial charge in [0.25, 0.3) is 0 Å². The second-order valence-corrected chi connectivity index (χ2v) is 5.07. The van der Waals surface area contributed by atoms with Gasteiger partial charge in [-0.3, -0.25) is 4.79 Å². The first kappa shape index (κ1) is 12.8. The fraction of sp³-hybridized carbons (Fsp3) is 0.273. The standard InChI is InChI=1S/C11H14NO3P/c1-2-16(15)7-8-3-5-9(6-4-8)10(12)11(13)14/h3-7,10H,2,12H2,1H3,(H,13,14). The van der Waals surface area contributed by atoms with Crippen LogP contribution in [0, 0.1) is 0 Å². The number of carboxylic acids is 1.